The van der Waals surface area contributed by atoms with Crippen LogP contribution in [0.15, 0.2) is 66.0 Å². The fourth-order valence-electron chi connectivity index (χ4n) is 5.31. The highest BCUT2D eigenvalue weighted by Crippen LogP contribution is 2.28. The first-order valence-corrected chi connectivity index (χ1v) is 12.5. The number of para-hydroxylation sites is 1. The number of imidazole rings is 1. The predicted octanol–water partition coefficient (Wildman–Crippen LogP) is 2.92. The summed E-state index contributed by atoms with van der Waals surface area (Å²) in [6.07, 6.45) is 7.12. The Morgan fingerprint density at radius 1 is 1.05 bits per heavy atom. The third kappa shape index (κ3) is 4.19. The van der Waals surface area contributed by atoms with Crippen molar-refractivity contribution in [2.45, 2.75) is 31.8 Å². The molecule has 6 rings (SSSR count). The van der Waals surface area contributed by atoms with Gasteiger partial charge in [-0.2, -0.15) is 0 Å². The van der Waals surface area contributed by atoms with Crippen molar-refractivity contribution in [3.8, 4) is 0 Å². The van der Waals surface area contributed by atoms with Gasteiger partial charge >= 0.3 is 5.69 Å². The molecule has 1 aliphatic heterocycles. The van der Waals surface area contributed by atoms with Crippen molar-refractivity contribution in [3.63, 3.8) is 0 Å². The average molecular weight is 498 g/mol. The second kappa shape index (κ2) is 9.62. The molecule has 1 saturated heterocycles. The number of nitrogens with one attached hydrogen (secondary N) is 1. The van der Waals surface area contributed by atoms with Crippen LogP contribution in [0.2, 0.25) is 0 Å². The summed E-state index contributed by atoms with van der Waals surface area (Å²) in [6.45, 7) is 2.13. The van der Waals surface area contributed by atoms with Crippen LogP contribution >= 0.6 is 0 Å². The molecule has 2 N–H and O–H groups in total. The highest BCUT2D eigenvalue weighted by Gasteiger charge is 2.26. The fourth-order valence-corrected chi connectivity index (χ4v) is 5.31. The molecule has 1 aromatic carbocycles. The second-order valence-electron chi connectivity index (χ2n) is 9.31. The van der Waals surface area contributed by atoms with Gasteiger partial charge < -0.3 is 14.6 Å². The van der Waals surface area contributed by atoms with Gasteiger partial charge in [0.1, 0.15) is 17.8 Å². The number of carbonyl (C=O) groups is 1. The quantitative estimate of drug-likeness (QED) is 0.332. The summed E-state index contributed by atoms with van der Waals surface area (Å²) in [5.41, 5.74) is 3.17. The van der Waals surface area contributed by atoms with E-state index in [0.717, 1.165) is 29.3 Å². The second-order valence-corrected chi connectivity index (χ2v) is 9.31. The summed E-state index contributed by atoms with van der Waals surface area (Å²) in [6, 6.07) is 13.3. The van der Waals surface area contributed by atoms with Crippen LogP contribution in [0.25, 0.3) is 22.1 Å². The van der Waals surface area contributed by atoms with Gasteiger partial charge in [0.25, 0.3) is 0 Å². The van der Waals surface area contributed by atoms with E-state index in [0.29, 0.717) is 48.8 Å². The monoisotopic (exact) mass is 497 g/mol. The minimum atomic E-state index is -0.157. The minimum absolute atomic E-state index is 0.0645. The number of hydrogen-bond acceptors (Lipinski definition) is 7. The predicted molar refractivity (Wildman–Crippen MR) is 140 cm³/mol. The minimum Gasteiger partial charge on any atom is -0.396 e. The number of aryl methyl sites for hydroxylation is 1. The number of piperidine rings is 1. The molecular formula is C27H27N7O3. The van der Waals surface area contributed by atoms with Crippen LogP contribution in [0.3, 0.4) is 0 Å². The largest absolute Gasteiger partial charge is 0.396 e. The maximum atomic E-state index is 13.5. The Bertz CT molecular complexity index is 1640. The van der Waals surface area contributed by atoms with Crippen molar-refractivity contribution in [1.29, 1.82) is 0 Å². The highest BCUT2D eigenvalue weighted by atomic mass is 16.3. The summed E-state index contributed by atoms with van der Waals surface area (Å²) in [7, 11) is 0. The first-order chi connectivity index (χ1) is 18.1. The summed E-state index contributed by atoms with van der Waals surface area (Å²) >= 11 is 0. The van der Waals surface area contributed by atoms with Crippen molar-refractivity contribution in [2.75, 3.05) is 24.6 Å². The number of pyridine rings is 1. The fraction of sp³-hybridized carbons (Fsp3) is 0.296. The number of aliphatic hydroxyl groups excluding tert-OH is 1. The summed E-state index contributed by atoms with van der Waals surface area (Å²) in [5.74, 6) is 0.545. The van der Waals surface area contributed by atoms with Crippen LogP contribution in [0.1, 0.15) is 41.4 Å². The van der Waals surface area contributed by atoms with Gasteiger partial charge in [-0.05, 0) is 37.5 Å². The number of aromatic nitrogens is 6. The molecule has 0 spiro atoms. The van der Waals surface area contributed by atoms with E-state index in [4.69, 9.17) is 0 Å². The SMILES string of the molecule is O=C(c1cc(N2CCC(n3c(=O)[nH]c4ncccc43)CC2)ncn1)c1cn(CCCO)c2ccccc12. The molecule has 10 heteroatoms. The lowest BCUT2D eigenvalue weighted by Crippen LogP contribution is -2.37. The standard InChI is InChI=1S/C27H27N7O3/c35-14-4-11-33-16-20(19-5-1-2-6-22(19)33)25(36)21-15-24(30-17-29-21)32-12-8-18(9-13-32)34-23-7-3-10-28-26(23)31-27(34)37/h1-3,5-7,10,15-18,35H,4,8-9,11-14H2,(H,28,31,37). The maximum absolute atomic E-state index is 13.5. The van der Waals surface area contributed by atoms with Gasteiger partial charge in [0.2, 0.25) is 5.78 Å². The number of aliphatic hydroxyl groups is 1. The number of nitrogens with zero attached hydrogens (tertiary/aromatic N) is 6. The zero-order valence-corrected chi connectivity index (χ0v) is 20.2. The third-order valence-electron chi connectivity index (χ3n) is 7.12. The Morgan fingerprint density at radius 3 is 2.70 bits per heavy atom. The summed E-state index contributed by atoms with van der Waals surface area (Å²) in [5, 5.41) is 10.1. The summed E-state index contributed by atoms with van der Waals surface area (Å²) in [4.78, 5) is 44.1. The molecule has 0 saturated carbocycles. The van der Waals surface area contributed by atoms with Crippen LogP contribution in [-0.2, 0) is 6.54 Å². The number of fused-ring (bicyclic) bond motifs is 2. The van der Waals surface area contributed by atoms with Crippen LogP contribution < -0.4 is 10.6 Å². The van der Waals surface area contributed by atoms with Crippen LogP contribution in [0, 0.1) is 0 Å². The molecule has 5 aromatic rings. The van der Waals surface area contributed by atoms with E-state index in [1.165, 1.54) is 6.33 Å². The van der Waals surface area contributed by atoms with Gasteiger partial charge in [0, 0.05) is 67.2 Å². The van der Waals surface area contributed by atoms with E-state index in [2.05, 4.69) is 24.8 Å². The Morgan fingerprint density at radius 2 is 1.86 bits per heavy atom. The van der Waals surface area contributed by atoms with E-state index in [1.54, 1.807) is 16.8 Å². The van der Waals surface area contributed by atoms with Crippen molar-refractivity contribution in [1.82, 2.24) is 29.1 Å². The normalized spacial score (nSPS) is 14.6. The zero-order chi connectivity index (χ0) is 25.4. The third-order valence-corrected chi connectivity index (χ3v) is 7.12. The van der Waals surface area contributed by atoms with Crippen molar-refractivity contribution < 1.29 is 9.90 Å². The number of hydrogen-bond donors (Lipinski definition) is 2. The zero-order valence-electron chi connectivity index (χ0n) is 20.2. The lowest BCUT2D eigenvalue weighted by atomic mass is 10.0. The van der Waals surface area contributed by atoms with Crippen LogP contribution in [0.4, 0.5) is 5.82 Å². The maximum Gasteiger partial charge on any atom is 0.327 e. The number of H-pyrrole nitrogens is 1. The smallest absolute Gasteiger partial charge is 0.327 e. The molecule has 1 aliphatic rings. The molecule has 0 aliphatic carbocycles. The van der Waals surface area contributed by atoms with Gasteiger partial charge in [-0.1, -0.05) is 18.2 Å². The van der Waals surface area contributed by atoms with Crippen molar-refractivity contribution in [2.24, 2.45) is 0 Å². The molecular weight excluding hydrogens is 470 g/mol. The molecule has 188 valence electrons. The highest BCUT2D eigenvalue weighted by molar-refractivity contribution is 6.15. The molecule has 0 amide bonds. The number of ketones is 1. The van der Waals surface area contributed by atoms with Gasteiger partial charge in [-0.3, -0.25) is 14.3 Å². The van der Waals surface area contributed by atoms with Gasteiger partial charge in [0.15, 0.2) is 5.65 Å². The van der Waals surface area contributed by atoms with Crippen molar-refractivity contribution >= 4 is 33.7 Å². The molecule has 1 fully saturated rings. The van der Waals surface area contributed by atoms with Crippen LogP contribution in [0.5, 0.6) is 0 Å². The van der Waals surface area contributed by atoms with Crippen molar-refractivity contribution in [3.05, 3.63) is 82.9 Å². The number of rotatable bonds is 7. The molecule has 0 bridgehead atoms. The Kier molecular flexibility index (Phi) is 6.01. The van der Waals surface area contributed by atoms with Gasteiger partial charge in [0.05, 0.1) is 5.52 Å². The Balaban J connectivity index is 1.23. The number of aromatic amines is 1. The Labute approximate surface area is 212 Å². The first-order valence-electron chi connectivity index (χ1n) is 12.5. The average Bonchev–Trinajstić information content (AvgIpc) is 3.48. The topological polar surface area (TPSA) is 122 Å². The number of benzene rings is 1. The van der Waals surface area contributed by atoms with E-state index in [-0.39, 0.29) is 24.1 Å². The van der Waals surface area contributed by atoms with E-state index in [1.807, 2.05) is 47.2 Å². The van der Waals surface area contributed by atoms with E-state index >= 15 is 0 Å². The molecule has 0 radical (unpaired) electrons. The first kappa shape index (κ1) is 23.1. The molecule has 0 unspecified atom stereocenters. The van der Waals surface area contributed by atoms with E-state index < -0.39 is 0 Å². The van der Waals surface area contributed by atoms with Crippen LogP contribution in [-0.4, -0.2) is 59.7 Å². The lowest BCUT2D eigenvalue weighted by molar-refractivity contribution is 0.103. The molecule has 4 aromatic heterocycles. The van der Waals surface area contributed by atoms with E-state index in [9.17, 15) is 14.7 Å². The molecule has 5 heterocycles. The van der Waals surface area contributed by atoms with Gasteiger partial charge in [-0.25, -0.2) is 19.7 Å². The molecule has 10 nitrogen and oxygen atoms in total. The number of anilines is 1. The lowest BCUT2D eigenvalue weighted by Gasteiger charge is -2.33. The Hall–Kier alpha value is -4.31. The molecule has 0 atom stereocenters. The number of carbonyl (C=O) groups excluding carboxylic acids is 1. The molecule has 37 heavy (non-hydrogen) atoms. The van der Waals surface area contributed by atoms with Gasteiger partial charge in [-0.15, -0.1) is 0 Å². The summed E-state index contributed by atoms with van der Waals surface area (Å²) < 4.78 is 3.81.